The van der Waals surface area contributed by atoms with Gasteiger partial charge in [0, 0.05) is 0 Å². The molecule has 1 radical (unpaired) electrons. The molecule has 0 saturated heterocycles. The molecule has 0 spiro atoms. The molecular formula is C8H12N. The van der Waals surface area contributed by atoms with E-state index in [0.29, 0.717) is 0 Å². The highest BCUT2D eigenvalue weighted by Crippen LogP contribution is 2.25. The normalized spacial score (nSPS) is 24.9. The van der Waals surface area contributed by atoms with E-state index in [0.717, 1.165) is 25.7 Å². The Hall–Kier alpha value is -0.480. The summed E-state index contributed by atoms with van der Waals surface area (Å²) in [5, 5.41) is 0. The van der Waals surface area contributed by atoms with Gasteiger partial charge in [0.25, 0.3) is 0 Å². The molecule has 9 heavy (non-hydrogen) atoms. The van der Waals surface area contributed by atoms with Gasteiger partial charge >= 0.3 is 0 Å². The number of nitrogens with one attached hydrogen (secondary N) is 1. The summed E-state index contributed by atoms with van der Waals surface area (Å²) < 4.78 is 0. The van der Waals surface area contributed by atoms with E-state index < -0.39 is 5.54 Å². The molecule has 0 bridgehead atoms. The van der Waals surface area contributed by atoms with E-state index in [9.17, 15) is 0 Å². The van der Waals surface area contributed by atoms with Crippen LogP contribution in [0.15, 0.2) is 0 Å². The van der Waals surface area contributed by atoms with Crippen LogP contribution in [0.2, 0.25) is 0 Å². The Bertz CT molecular complexity index is 126. The Labute approximate surface area is 56.6 Å². The molecule has 0 heterocycles. The second-order valence-electron chi connectivity index (χ2n) is 2.79. The van der Waals surface area contributed by atoms with Crippen LogP contribution in [0.3, 0.4) is 0 Å². The fourth-order valence-electron chi connectivity index (χ4n) is 1.30. The lowest BCUT2D eigenvalue weighted by Gasteiger charge is -2.26. The van der Waals surface area contributed by atoms with Crippen LogP contribution >= 0.6 is 0 Å². The summed E-state index contributed by atoms with van der Waals surface area (Å²) in [6, 6.07) is 0. The van der Waals surface area contributed by atoms with E-state index in [2.05, 4.69) is 5.92 Å². The third kappa shape index (κ3) is 1.46. The highest BCUT2D eigenvalue weighted by Gasteiger charge is 2.24. The van der Waals surface area contributed by atoms with E-state index in [4.69, 9.17) is 12.2 Å². The zero-order valence-corrected chi connectivity index (χ0v) is 5.61. The van der Waals surface area contributed by atoms with Gasteiger partial charge in [0.2, 0.25) is 0 Å². The number of hydrogen-bond acceptors (Lipinski definition) is 0. The summed E-state index contributed by atoms with van der Waals surface area (Å²) in [7, 11) is 0. The lowest BCUT2D eigenvalue weighted by Crippen LogP contribution is -2.30. The Morgan fingerprint density at radius 1 is 1.22 bits per heavy atom. The van der Waals surface area contributed by atoms with Crippen molar-refractivity contribution < 1.29 is 0 Å². The van der Waals surface area contributed by atoms with Crippen LogP contribution in [0.1, 0.15) is 32.1 Å². The molecule has 1 aliphatic carbocycles. The highest BCUT2D eigenvalue weighted by atomic mass is 14.7. The number of terminal acetylenes is 1. The standard InChI is InChI=1S/C8H12N/c1-2-8(9)6-4-3-5-7-8/h1,9H,3-7H2. The largest absolute Gasteiger partial charge is 0.238 e. The minimum absolute atomic E-state index is 0.502. The molecule has 0 aromatic carbocycles. The lowest BCUT2D eigenvalue weighted by molar-refractivity contribution is 0.360. The fraction of sp³-hybridized carbons (Fsp3) is 0.750. The minimum atomic E-state index is -0.502. The molecule has 1 nitrogen and oxygen atoms in total. The van der Waals surface area contributed by atoms with Crippen LogP contribution < -0.4 is 5.73 Å². The molecule has 1 aliphatic rings. The predicted octanol–water partition coefficient (Wildman–Crippen LogP) is 1.61. The van der Waals surface area contributed by atoms with Gasteiger partial charge in [0.15, 0.2) is 0 Å². The molecular weight excluding hydrogens is 110 g/mol. The van der Waals surface area contributed by atoms with Gasteiger partial charge in [-0.1, -0.05) is 25.2 Å². The third-order valence-electron chi connectivity index (χ3n) is 1.98. The van der Waals surface area contributed by atoms with Gasteiger partial charge in [-0.15, -0.1) is 6.42 Å². The topological polar surface area (TPSA) is 23.8 Å². The van der Waals surface area contributed by atoms with E-state index in [1.807, 2.05) is 0 Å². The Morgan fingerprint density at radius 3 is 2.11 bits per heavy atom. The van der Waals surface area contributed by atoms with Gasteiger partial charge in [-0.05, 0) is 12.8 Å². The first-order valence-electron chi connectivity index (χ1n) is 3.50. The summed E-state index contributed by atoms with van der Waals surface area (Å²) >= 11 is 0. The highest BCUT2D eigenvalue weighted by molar-refractivity contribution is 5.11. The molecule has 0 unspecified atom stereocenters. The zero-order valence-electron chi connectivity index (χ0n) is 5.61. The van der Waals surface area contributed by atoms with Crippen molar-refractivity contribution in [3.8, 4) is 12.3 Å². The van der Waals surface area contributed by atoms with Crippen molar-refractivity contribution in [1.29, 1.82) is 0 Å². The van der Waals surface area contributed by atoms with Crippen molar-refractivity contribution in [2.75, 3.05) is 0 Å². The Morgan fingerprint density at radius 2 is 1.78 bits per heavy atom. The average molecular weight is 122 g/mol. The van der Waals surface area contributed by atoms with Crippen LogP contribution in [0.5, 0.6) is 0 Å². The first-order chi connectivity index (χ1) is 4.27. The summed E-state index contributed by atoms with van der Waals surface area (Å²) in [5.41, 5.74) is 7.13. The van der Waals surface area contributed by atoms with E-state index >= 15 is 0 Å². The van der Waals surface area contributed by atoms with Crippen molar-refractivity contribution in [2.45, 2.75) is 37.6 Å². The average Bonchev–Trinajstić information content (AvgIpc) is 1.90. The van der Waals surface area contributed by atoms with E-state index in [-0.39, 0.29) is 0 Å². The van der Waals surface area contributed by atoms with Crippen LogP contribution in [0.25, 0.3) is 0 Å². The molecule has 1 saturated carbocycles. The van der Waals surface area contributed by atoms with Crippen LogP contribution in [-0.4, -0.2) is 5.54 Å². The number of rotatable bonds is 0. The van der Waals surface area contributed by atoms with Gasteiger partial charge in [-0.25, -0.2) is 5.73 Å². The molecule has 1 rings (SSSR count). The van der Waals surface area contributed by atoms with Crippen molar-refractivity contribution in [1.82, 2.24) is 5.73 Å². The summed E-state index contributed by atoms with van der Waals surface area (Å²) in [6.07, 6.45) is 10.6. The number of hydrogen-bond donors (Lipinski definition) is 0. The Kier molecular flexibility index (Phi) is 1.78. The predicted molar refractivity (Wildman–Crippen MR) is 37.7 cm³/mol. The van der Waals surface area contributed by atoms with Gasteiger partial charge in [0.1, 0.15) is 0 Å². The molecule has 0 aliphatic heterocycles. The maximum atomic E-state index is 7.63. The molecule has 49 valence electrons. The summed E-state index contributed by atoms with van der Waals surface area (Å²) in [6.45, 7) is 0. The van der Waals surface area contributed by atoms with Crippen molar-refractivity contribution in [3.05, 3.63) is 0 Å². The van der Waals surface area contributed by atoms with Gasteiger partial charge in [-0.3, -0.25) is 0 Å². The first kappa shape index (κ1) is 6.64. The van der Waals surface area contributed by atoms with Gasteiger partial charge < -0.3 is 0 Å². The van der Waals surface area contributed by atoms with Crippen LogP contribution in [-0.2, 0) is 0 Å². The molecule has 0 amide bonds. The molecule has 1 N–H and O–H groups in total. The van der Waals surface area contributed by atoms with Crippen LogP contribution in [0, 0.1) is 12.3 Å². The fourth-order valence-corrected chi connectivity index (χ4v) is 1.30. The summed E-state index contributed by atoms with van der Waals surface area (Å²) in [5.74, 6) is 2.55. The molecule has 0 aromatic rings. The zero-order chi connectivity index (χ0) is 6.74. The SMILES string of the molecule is C#CC1([NH])CCCCC1. The third-order valence-corrected chi connectivity index (χ3v) is 1.98. The molecule has 0 aromatic heterocycles. The van der Waals surface area contributed by atoms with E-state index in [1.165, 1.54) is 6.42 Å². The van der Waals surface area contributed by atoms with Crippen molar-refractivity contribution in [2.24, 2.45) is 0 Å². The van der Waals surface area contributed by atoms with Crippen molar-refractivity contribution in [3.63, 3.8) is 0 Å². The molecule has 0 atom stereocenters. The second kappa shape index (κ2) is 2.41. The quantitative estimate of drug-likeness (QED) is 0.436. The lowest BCUT2D eigenvalue weighted by atomic mass is 9.83. The molecule has 1 fully saturated rings. The van der Waals surface area contributed by atoms with E-state index in [1.54, 1.807) is 0 Å². The monoisotopic (exact) mass is 122 g/mol. The smallest absolute Gasteiger partial charge is 0.0924 e. The Balaban J connectivity index is 2.49. The maximum Gasteiger partial charge on any atom is 0.0924 e. The summed E-state index contributed by atoms with van der Waals surface area (Å²) in [4.78, 5) is 0. The first-order valence-corrected chi connectivity index (χ1v) is 3.50. The van der Waals surface area contributed by atoms with Crippen molar-refractivity contribution >= 4 is 0 Å². The molecule has 1 heteroatoms. The second-order valence-corrected chi connectivity index (χ2v) is 2.79. The van der Waals surface area contributed by atoms with Crippen LogP contribution in [0.4, 0.5) is 0 Å². The minimum Gasteiger partial charge on any atom is -0.238 e. The van der Waals surface area contributed by atoms with Gasteiger partial charge in [-0.2, -0.15) is 0 Å². The van der Waals surface area contributed by atoms with Gasteiger partial charge in [0.05, 0.1) is 5.54 Å². The maximum absolute atomic E-state index is 7.63.